The van der Waals surface area contributed by atoms with Crippen LogP contribution < -0.4 is 10.6 Å². The first-order chi connectivity index (χ1) is 7.24. The summed E-state index contributed by atoms with van der Waals surface area (Å²) in [7, 11) is 0. The molecule has 1 aromatic rings. The van der Waals surface area contributed by atoms with Crippen LogP contribution in [0.3, 0.4) is 0 Å². The van der Waals surface area contributed by atoms with Gasteiger partial charge in [-0.25, -0.2) is 0 Å². The second-order valence-electron chi connectivity index (χ2n) is 3.16. The van der Waals surface area contributed by atoms with Crippen LogP contribution in [0.4, 0.5) is 0 Å². The molecule has 1 unspecified atom stereocenters. The Morgan fingerprint density at radius 3 is 3.00 bits per heavy atom. The molecule has 0 saturated heterocycles. The molecule has 0 bridgehead atoms. The van der Waals surface area contributed by atoms with E-state index in [-0.39, 0.29) is 11.9 Å². The van der Waals surface area contributed by atoms with Gasteiger partial charge >= 0.3 is 0 Å². The molecular formula is C8H16N6O. The van der Waals surface area contributed by atoms with Gasteiger partial charge in [-0.3, -0.25) is 4.79 Å². The van der Waals surface area contributed by atoms with E-state index in [1.807, 2.05) is 13.8 Å². The Hall–Kier alpha value is -1.50. The molecule has 0 saturated carbocycles. The predicted octanol–water partition coefficient (Wildman–Crippen LogP) is -0.623. The van der Waals surface area contributed by atoms with Crippen molar-refractivity contribution in [3.05, 3.63) is 5.82 Å². The third-order valence-corrected chi connectivity index (χ3v) is 1.91. The van der Waals surface area contributed by atoms with Crippen LogP contribution in [0.15, 0.2) is 0 Å². The zero-order valence-electron chi connectivity index (χ0n) is 8.95. The molecule has 7 heteroatoms. The number of H-pyrrole nitrogens is 1. The Kier molecular flexibility index (Phi) is 4.69. The Morgan fingerprint density at radius 2 is 2.40 bits per heavy atom. The second-order valence-corrected chi connectivity index (χ2v) is 3.16. The van der Waals surface area contributed by atoms with Crippen molar-refractivity contribution in [1.29, 1.82) is 0 Å². The first-order valence-electron chi connectivity index (χ1n) is 4.97. The van der Waals surface area contributed by atoms with E-state index in [1.54, 1.807) is 0 Å². The van der Waals surface area contributed by atoms with Crippen LogP contribution in [0, 0.1) is 0 Å². The number of hydrogen-bond acceptors (Lipinski definition) is 5. The summed E-state index contributed by atoms with van der Waals surface area (Å²) in [6, 6.07) is -0.210. The Morgan fingerprint density at radius 1 is 1.60 bits per heavy atom. The van der Waals surface area contributed by atoms with E-state index in [4.69, 9.17) is 0 Å². The van der Waals surface area contributed by atoms with Crippen LogP contribution >= 0.6 is 0 Å². The molecule has 1 atom stereocenters. The van der Waals surface area contributed by atoms with Crippen molar-refractivity contribution in [1.82, 2.24) is 31.3 Å². The molecule has 7 nitrogen and oxygen atoms in total. The number of tetrazole rings is 1. The molecule has 0 spiro atoms. The van der Waals surface area contributed by atoms with Crippen molar-refractivity contribution in [2.45, 2.75) is 26.3 Å². The highest BCUT2D eigenvalue weighted by Gasteiger charge is 2.12. The number of carbonyl (C=O) groups excluding carboxylic acids is 1. The van der Waals surface area contributed by atoms with Crippen LogP contribution in [0.1, 0.15) is 32.1 Å². The summed E-state index contributed by atoms with van der Waals surface area (Å²) in [6.45, 7) is 5.37. The summed E-state index contributed by atoms with van der Waals surface area (Å²) in [5, 5.41) is 19.2. The maximum atomic E-state index is 11.4. The minimum absolute atomic E-state index is 0.0201. The summed E-state index contributed by atoms with van der Waals surface area (Å²) < 4.78 is 0. The molecule has 0 fully saturated rings. The number of nitrogens with one attached hydrogen (secondary N) is 3. The largest absolute Gasteiger partial charge is 0.346 e. The van der Waals surface area contributed by atoms with E-state index < -0.39 is 0 Å². The summed E-state index contributed by atoms with van der Waals surface area (Å²) >= 11 is 0. The second kappa shape index (κ2) is 6.07. The summed E-state index contributed by atoms with van der Waals surface area (Å²) in [6.07, 6.45) is 0.454. The van der Waals surface area contributed by atoms with Gasteiger partial charge < -0.3 is 10.6 Å². The summed E-state index contributed by atoms with van der Waals surface area (Å²) in [5.41, 5.74) is 0. The fourth-order valence-electron chi connectivity index (χ4n) is 1.11. The van der Waals surface area contributed by atoms with E-state index >= 15 is 0 Å². The van der Waals surface area contributed by atoms with Gasteiger partial charge in [0.15, 0.2) is 5.82 Å². The summed E-state index contributed by atoms with van der Waals surface area (Å²) in [5.74, 6) is 0.472. The number of aromatic amines is 1. The standard InChI is InChI=1S/C8H16N6O/c1-3-9-5-4-7(15)10-6(2)8-11-13-14-12-8/h6,9H,3-5H2,1-2H3,(H,10,15)(H,11,12,13,14). The first kappa shape index (κ1) is 11.6. The maximum absolute atomic E-state index is 11.4. The van der Waals surface area contributed by atoms with Crippen molar-refractivity contribution < 1.29 is 4.79 Å². The highest BCUT2D eigenvalue weighted by Crippen LogP contribution is 2.02. The van der Waals surface area contributed by atoms with Crippen molar-refractivity contribution in [2.24, 2.45) is 0 Å². The van der Waals surface area contributed by atoms with Crippen molar-refractivity contribution in [2.75, 3.05) is 13.1 Å². The molecule has 0 radical (unpaired) electrons. The SMILES string of the molecule is CCNCCC(=O)NC(C)c1nn[nH]n1. The van der Waals surface area contributed by atoms with Gasteiger partial charge in [-0.15, -0.1) is 10.2 Å². The lowest BCUT2D eigenvalue weighted by Gasteiger charge is -2.09. The van der Waals surface area contributed by atoms with Crippen LogP contribution in [0.2, 0.25) is 0 Å². The zero-order chi connectivity index (χ0) is 11.1. The van der Waals surface area contributed by atoms with E-state index in [2.05, 4.69) is 31.3 Å². The molecule has 3 N–H and O–H groups in total. The third-order valence-electron chi connectivity index (χ3n) is 1.91. The lowest BCUT2D eigenvalue weighted by molar-refractivity contribution is -0.121. The first-order valence-corrected chi connectivity index (χ1v) is 4.97. The molecule has 84 valence electrons. The molecule has 15 heavy (non-hydrogen) atoms. The number of rotatable bonds is 6. The quantitative estimate of drug-likeness (QED) is 0.546. The van der Waals surface area contributed by atoms with Crippen molar-refractivity contribution in [3.63, 3.8) is 0 Å². The summed E-state index contributed by atoms with van der Waals surface area (Å²) in [4.78, 5) is 11.4. The Balaban J connectivity index is 2.26. The number of aromatic nitrogens is 4. The van der Waals surface area contributed by atoms with Gasteiger partial charge in [-0.1, -0.05) is 12.1 Å². The molecule has 0 aromatic carbocycles. The molecule has 1 rings (SSSR count). The molecule has 0 aliphatic carbocycles. The number of carbonyl (C=O) groups is 1. The number of hydrogen-bond donors (Lipinski definition) is 3. The molecule has 1 aromatic heterocycles. The Bertz CT molecular complexity index is 285. The highest BCUT2D eigenvalue weighted by molar-refractivity contribution is 5.76. The fraction of sp³-hybridized carbons (Fsp3) is 0.750. The smallest absolute Gasteiger partial charge is 0.221 e. The molecular weight excluding hydrogens is 196 g/mol. The number of nitrogens with zero attached hydrogens (tertiary/aromatic N) is 3. The molecule has 1 heterocycles. The van der Waals surface area contributed by atoms with Gasteiger partial charge in [0.05, 0.1) is 6.04 Å². The average Bonchev–Trinajstić information content (AvgIpc) is 2.70. The van der Waals surface area contributed by atoms with E-state index in [0.29, 0.717) is 18.8 Å². The normalized spacial score (nSPS) is 12.4. The predicted molar refractivity (Wildman–Crippen MR) is 53.9 cm³/mol. The fourth-order valence-corrected chi connectivity index (χ4v) is 1.11. The van der Waals surface area contributed by atoms with Gasteiger partial charge in [0.25, 0.3) is 0 Å². The van der Waals surface area contributed by atoms with Gasteiger partial charge in [-0.05, 0) is 13.5 Å². The Labute approximate surface area is 88.0 Å². The van der Waals surface area contributed by atoms with Gasteiger partial charge in [0, 0.05) is 13.0 Å². The van der Waals surface area contributed by atoms with Gasteiger partial charge in [0.2, 0.25) is 5.91 Å². The van der Waals surface area contributed by atoms with Crippen LogP contribution in [0.5, 0.6) is 0 Å². The molecule has 1 amide bonds. The van der Waals surface area contributed by atoms with Crippen LogP contribution in [0.25, 0.3) is 0 Å². The van der Waals surface area contributed by atoms with Crippen molar-refractivity contribution in [3.8, 4) is 0 Å². The third kappa shape index (κ3) is 4.03. The monoisotopic (exact) mass is 212 g/mol. The minimum atomic E-state index is -0.210. The van der Waals surface area contributed by atoms with E-state index in [9.17, 15) is 4.79 Å². The molecule has 0 aliphatic rings. The van der Waals surface area contributed by atoms with E-state index in [1.165, 1.54) is 0 Å². The lowest BCUT2D eigenvalue weighted by Crippen LogP contribution is -2.30. The van der Waals surface area contributed by atoms with Crippen LogP contribution in [-0.4, -0.2) is 39.6 Å². The lowest BCUT2D eigenvalue weighted by atomic mass is 10.3. The van der Waals surface area contributed by atoms with Gasteiger partial charge in [0.1, 0.15) is 0 Å². The molecule has 0 aliphatic heterocycles. The highest BCUT2D eigenvalue weighted by atomic mass is 16.1. The van der Waals surface area contributed by atoms with E-state index in [0.717, 1.165) is 6.54 Å². The zero-order valence-corrected chi connectivity index (χ0v) is 8.95. The maximum Gasteiger partial charge on any atom is 0.221 e. The minimum Gasteiger partial charge on any atom is -0.346 e. The van der Waals surface area contributed by atoms with Crippen LogP contribution in [-0.2, 0) is 4.79 Å². The topological polar surface area (TPSA) is 95.6 Å². The van der Waals surface area contributed by atoms with Gasteiger partial charge in [-0.2, -0.15) is 5.21 Å². The van der Waals surface area contributed by atoms with Crippen molar-refractivity contribution >= 4 is 5.91 Å². The number of amides is 1. The average molecular weight is 212 g/mol.